The Morgan fingerprint density at radius 2 is 2.06 bits per heavy atom. The van der Waals surface area contributed by atoms with Crippen molar-refractivity contribution >= 4 is 23.4 Å². The van der Waals surface area contributed by atoms with E-state index in [2.05, 4.69) is 23.7 Å². The molecule has 94 valence electrons. The van der Waals surface area contributed by atoms with Crippen molar-refractivity contribution in [3.63, 3.8) is 0 Å². The first kappa shape index (κ1) is 13.9. The maximum atomic E-state index is 11.4. The first-order chi connectivity index (χ1) is 8.15. The van der Waals surface area contributed by atoms with E-state index in [1.165, 1.54) is 4.90 Å². The van der Waals surface area contributed by atoms with Gasteiger partial charge in [0.15, 0.2) is 0 Å². The van der Waals surface area contributed by atoms with Crippen LogP contribution in [0.1, 0.15) is 12.8 Å². The minimum absolute atomic E-state index is 0.185. The molecule has 0 saturated carbocycles. The van der Waals surface area contributed by atoms with E-state index in [9.17, 15) is 4.79 Å². The fraction of sp³-hybridized carbons (Fsp3) is 0.462. The topological polar surface area (TPSA) is 32.3 Å². The number of rotatable bonds is 6. The minimum atomic E-state index is 0.185. The highest BCUT2D eigenvalue weighted by molar-refractivity contribution is 7.98. The number of nitrogens with one attached hydrogen (secondary N) is 1. The molecule has 1 amide bonds. The molecule has 17 heavy (non-hydrogen) atoms. The molecule has 0 unspecified atom stereocenters. The molecule has 1 N–H and O–H groups in total. The fourth-order valence-electron chi connectivity index (χ4n) is 1.48. The minimum Gasteiger partial charge on any atom is -0.384 e. The molecule has 1 aromatic carbocycles. The van der Waals surface area contributed by atoms with Crippen LogP contribution in [0.4, 0.5) is 5.69 Å². The summed E-state index contributed by atoms with van der Waals surface area (Å²) >= 11 is 1.73. The van der Waals surface area contributed by atoms with Crippen LogP contribution in [0.5, 0.6) is 0 Å². The summed E-state index contributed by atoms with van der Waals surface area (Å²) in [4.78, 5) is 14.2. The van der Waals surface area contributed by atoms with Gasteiger partial charge in [-0.3, -0.25) is 4.79 Å². The zero-order valence-corrected chi connectivity index (χ0v) is 11.5. The number of benzene rings is 1. The maximum Gasteiger partial charge on any atom is 0.222 e. The lowest BCUT2D eigenvalue weighted by molar-refractivity contribution is -0.128. The third kappa shape index (κ3) is 4.69. The van der Waals surface area contributed by atoms with Gasteiger partial charge in [-0.05, 0) is 24.8 Å². The third-order valence-electron chi connectivity index (χ3n) is 2.49. The zero-order chi connectivity index (χ0) is 12.7. The largest absolute Gasteiger partial charge is 0.384 e. The molecule has 0 aromatic heterocycles. The number of hydrogen-bond acceptors (Lipinski definition) is 3. The molecule has 0 spiro atoms. The van der Waals surface area contributed by atoms with Crippen LogP contribution in [-0.4, -0.2) is 37.7 Å². The summed E-state index contributed by atoms with van der Waals surface area (Å²) in [7, 11) is 3.58. The van der Waals surface area contributed by atoms with Gasteiger partial charge in [0.25, 0.3) is 0 Å². The Hall–Kier alpha value is -1.16. The Labute approximate surface area is 108 Å². The van der Waals surface area contributed by atoms with Crippen LogP contribution >= 0.6 is 11.8 Å². The fourth-order valence-corrected chi connectivity index (χ4v) is 2.05. The number of nitrogens with zero attached hydrogens (tertiary/aromatic N) is 1. The van der Waals surface area contributed by atoms with E-state index >= 15 is 0 Å². The number of thioether (sulfide) groups is 1. The first-order valence-electron chi connectivity index (χ1n) is 5.72. The lowest BCUT2D eigenvalue weighted by Crippen LogP contribution is -2.22. The zero-order valence-electron chi connectivity index (χ0n) is 10.7. The molecule has 1 aromatic rings. The van der Waals surface area contributed by atoms with Gasteiger partial charge < -0.3 is 10.2 Å². The van der Waals surface area contributed by atoms with Crippen molar-refractivity contribution in [3.05, 3.63) is 24.3 Å². The van der Waals surface area contributed by atoms with Gasteiger partial charge in [0, 0.05) is 37.6 Å². The molecule has 0 bridgehead atoms. The number of anilines is 1. The first-order valence-corrected chi connectivity index (χ1v) is 6.94. The van der Waals surface area contributed by atoms with E-state index < -0.39 is 0 Å². The Kier molecular flexibility index (Phi) is 5.91. The van der Waals surface area contributed by atoms with Gasteiger partial charge in [-0.2, -0.15) is 0 Å². The van der Waals surface area contributed by atoms with Gasteiger partial charge in [0.05, 0.1) is 0 Å². The summed E-state index contributed by atoms with van der Waals surface area (Å²) in [6.07, 6.45) is 3.53. The number of carbonyl (C=O) groups is 1. The predicted octanol–water partition coefficient (Wildman–Crippen LogP) is 2.69. The Bertz CT molecular complexity index is 366. The molecule has 1 rings (SSSR count). The standard InChI is InChI=1S/C13H20N2OS/c1-15(2)13(16)9-6-10-14-11-7-4-5-8-12(11)17-3/h4-5,7-8,14H,6,9-10H2,1-3H3. The van der Waals surface area contributed by atoms with E-state index in [1.54, 1.807) is 30.8 Å². The molecule has 0 radical (unpaired) electrons. The SMILES string of the molecule is CSc1ccccc1NCCCC(=O)N(C)C. The highest BCUT2D eigenvalue weighted by atomic mass is 32.2. The Morgan fingerprint density at radius 1 is 1.35 bits per heavy atom. The van der Waals surface area contributed by atoms with Gasteiger partial charge in [-0.1, -0.05) is 12.1 Å². The van der Waals surface area contributed by atoms with Gasteiger partial charge in [-0.25, -0.2) is 0 Å². The molecule has 3 nitrogen and oxygen atoms in total. The summed E-state index contributed by atoms with van der Waals surface area (Å²) < 4.78 is 0. The Morgan fingerprint density at radius 3 is 2.71 bits per heavy atom. The normalized spacial score (nSPS) is 10.1. The van der Waals surface area contributed by atoms with Crippen LogP contribution in [0.2, 0.25) is 0 Å². The van der Waals surface area contributed by atoms with E-state index in [-0.39, 0.29) is 5.91 Å². The molecule has 4 heteroatoms. The van der Waals surface area contributed by atoms with E-state index in [1.807, 2.05) is 12.1 Å². The average Bonchev–Trinajstić information content (AvgIpc) is 2.34. The van der Waals surface area contributed by atoms with E-state index in [0.29, 0.717) is 6.42 Å². The van der Waals surface area contributed by atoms with Gasteiger partial charge in [-0.15, -0.1) is 11.8 Å². The second-order valence-electron chi connectivity index (χ2n) is 4.02. The number of carbonyl (C=O) groups excluding carboxylic acids is 1. The summed E-state index contributed by atoms with van der Waals surface area (Å²) in [5.41, 5.74) is 1.15. The molecule has 0 heterocycles. The second kappa shape index (κ2) is 7.22. The summed E-state index contributed by atoms with van der Waals surface area (Å²) in [5.74, 6) is 0.185. The van der Waals surface area contributed by atoms with E-state index in [0.717, 1.165) is 18.7 Å². The smallest absolute Gasteiger partial charge is 0.222 e. The van der Waals surface area contributed by atoms with Crippen LogP contribution in [-0.2, 0) is 4.79 Å². The van der Waals surface area contributed by atoms with E-state index in [4.69, 9.17) is 0 Å². The molecular formula is C13H20N2OS. The van der Waals surface area contributed by atoms with Gasteiger partial charge in [0.1, 0.15) is 0 Å². The highest BCUT2D eigenvalue weighted by Crippen LogP contribution is 2.24. The predicted molar refractivity (Wildman–Crippen MR) is 74.6 cm³/mol. The van der Waals surface area contributed by atoms with Crippen LogP contribution in [0, 0.1) is 0 Å². The molecular weight excluding hydrogens is 232 g/mol. The summed E-state index contributed by atoms with van der Waals surface area (Å²) in [6.45, 7) is 0.831. The molecule has 0 atom stereocenters. The number of para-hydroxylation sites is 1. The van der Waals surface area contributed by atoms with Crippen LogP contribution in [0.15, 0.2) is 29.2 Å². The van der Waals surface area contributed by atoms with Crippen molar-refractivity contribution in [2.75, 3.05) is 32.2 Å². The van der Waals surface area contributed by atoms with Gasteiger partial charge in [0.2, 0.25) is 5.91 Å². The lowest BCUT2D eigenvalue weighted by Gasteiger charge is -2.12. The van der Waals surface area contributed by atoms with Crippen LogP contribution in [0.3, 0.4) is 0 Å². The molecule has 0 aliphatic rings. The van der Waals surface area contributed by atoms with Crippen molar-refractivity contribution in [1.82, 2.24) is 4.90 Å². The van der Waals surface area contributed by atoms with Crippen LogP contribution in [0.25, 0.3) is 0 Å². The highest BCUT2D eigenvalue weighted by Gasteiger charge is 2.03. The number of hydrogen-bond donors (Lipinski definition) is 1. The quantitative estimate of drug-likeness (QED) is 0.624. The van der Waals surface area contributed by atoms with Crippen molar-refractivity contribution in [2.45, 2.75) is 17.7 Å². The van der Waals surface area contributed by atoms with Crippen LogP contribution < -0.4 is 5.32 Å². The summed E-state index contributed by atoms with van der Waals surface area (Å²) in [6, 6.07) is 8.22. The monoisotopic (exact) mass is 252 g/mol. The maximum absolute atomic E-state index is 11.4. The summed E-state index contributed by atoms with van der Waals surface area (Å²) in [5, 5.41) is 3.37. The van der Waals surface area contributed by atoms with Crippen molar-refractivity contribution in [3.8, 4) is 0 Å². The average molecular weight is 252 g/mol. The third-order valence-corrected chi connectivity index (χ3v) is 3.28. The second-order valence-corrected chi connectivity index (χ2v) is 4.87. The number of amides is 1. The van der Waals surface area contributed by atoms with Crippen molar-refractivity contribution in [1.29, 1.82) is 0 Å². The molecule has 0 fully saturated rings. The lowest BCUT2D eigenvalue weighted by atomic mass is 10.2. The van der Waals surface area contributed by atoms with Crippen molar-refractivity contribution in [2.24, 2.45) is 0 Å². The van der Waals surface area contributed by atoms with Crippen molar-refractivity contribution < 1.29 is 4.79 Å². The molecule has 0 saturated heterocycles. The van der Waals surface area contributed by atoms with Gasteiger partial charge >= 0.3 is 0 Å². The molecule has 0 aliphatic heterocycles. The Balaban J connectivity index is 2.33. The molecule has 0 aliphatic carbocycles.